The Kier molecular flexibility index (Phi) is 8.17. The van der Waals surface area contributed by atoms with E-state index in [9.17, 15) is 4.79 Å². The number of nitrogens with one attached hydrogen (secondary N) is 1. The van der Waals surface area contributed by atoms with Crippen LogP contribution in [0.15, 0.2) is 79.4 Å². The maximum absolute atomic E-state index is 11.8. The molecule has 4 rings (SSSR count). The van der Waals surface area contributed by atoms with Crippen molar-refractivity contribution in [2.75, 3.05) is 18.4 Å². The van der Waals surface area contributed by atoms with Crippen molar-refractivity contribution in [3.8, 4) is 0 Å². The molecule has 150 valence electrons. The van der Waals surface area contributed by atoms with Crippen molar-refractivity contribution in [2.24, 2.45) is 0 Å². The molecular formula is C23H26N4O2. The number of benzene rings is 1. The Bertz CT molecular complexity index is 809. The van der Waals surface area contributed by atoms with E-state index < -0.39 is 6.09 Å². The first-order chi connectivity index (χ1) is 14.3. The molecule has 1 aliphatic rings. The van der Waals surface area contributed by atoms with E-state index in [1.54, 1.807) is 24.8 Å². The van der Waals surface area contributed by atoms with Gasteiger partial charge in [-0.05, 0) is 73.5 Å². The van der Waals surface area contributed by atoms with Crippen LogP contribution in [0.4, 0.5) is 10.5 Å². The molecule has 1 fully saturated rings. The minimum atomic E-state index is -0.450. The molecule has 2 aromatic heterocycles. The summed E-state index contributed by atoms with van der Waals surface area (Å²) in [6.07, 6.45) is 8.99. The molecule has 1 N–H and O–H groups in total. The first-order valence-corrected chi connectivity index (χ1v) is 9.78. The average Bonchev–Trinajstić information content (AvgIpc) is 3.29. The minimum Gasteiger partial charge on any atom is -0.444 e. The van der Waals surface area contributed by atoms with Crippen LogP contribution in [0.25, 0.3) is 0 Å². The second-order valence-electron chi connectivity index (χ2n) is 6.76. The van der Waals surface area contributed by atoms with Gasteiger partial charge in [-0.1, -0.05) is 18.2 Å². The molecule has 0 radical (unpaired) electrons. The second kappa shape index (κ2) is 11.6. The molecule has 1 aliphatic heterocycles. The highest BCUT2D eigenvalue weighted by molar-refractivity contribution is 5.84. The first-order valence-electron chi connectivity index (χ1n) is 9.78. The van der Waals surface area contributed by atoms with Gasteiger partial charge in [-0.3, -0.25) is 20.2 Å². The fourth-order valence-corrected chi connectivity index (χ4v) is 2.99. The summed E-state index contributed by atoms with van der Waals surface area (Å²) < 4.78 is 5.18. The molecule has 29 heavy (non-hydrogen) atoms. The number of ether oxygens (including phenoxy) is 1. The highest BCUT2D eigenvalue weighted by atomic mass is 16.5. The Labute approximate surface area is 171 Å². The standard InChI is InChI=1S/C18H21N3O2.C5H5N/c22-18(23-14-16-7-9-19-10-8-16)20-17-5-3-15(4-6-17)13-21-11-1-2-12-21;1-2-4-6-5-3-1/h3-10H,1-2,11-14H2,(H,20,22);1-5H. The van der Waals surface area contributed by atoms with Crippen LogP contribution in [0, 0.1) is 0 Å². The summed E-state index contributed by atoms with van der Waals surface area (Å²) in [5.74, 6) is 0. The van der Waals surface area contributed by atoms with Gasteiger partial charge in [0.2, 0.25) is 0 Å². The predicted molar refractivity (Wildman–Crippen MR) is 113 cm³/mol. The Hall–Kier alpha value is -3.25. The van der Waals surface area contributed by atoms with Crippen LogP contribution in [0.2, 0.25) is 0 Å². The van der Waals surface area contributed by atoms with Crippen molar-refractivity contribution in [1.29, 1.82) is 0 Å². The van der Waals surface area contributed by atoms with Crippen LogP contribution in [0.1, 0.15) is 24.0 Å². The third kappa shape index (κ3) is 7.71. The van der Waals surface area contributed by atoms with Crippen molar-refractivity contribution in [3.05, 3.63) is 90.5 Å². The van der Waals surface area contributed by atoms with Crippen LogP contribution in [-0.2, 0) is 17.9 Å². The predicted octanol–water partition coefficient (Wildman–Crippen LogP) is 4.51. The van der Waals surface area contributed by atoms with Crippen LogP contribution >= 0.6 is 0 Å². The molecule has 0 aliphatic carbocycles. The van der Waals surface area contributed by atoms with E-state index in [0.717, 1.165) is 17.8 Å². The zero-order valence-electron chi connectivity index (χ0n) is 16.4. The zero-order chi connectivity index (χ0) is 20.2. The van der Waals surface area contributed by atoms with Crippen LogP contribution < -0.4 is 5.32 Å². The summed E-state index contributed by atoms with van der Waals surface area (Å²) in [6, 6.07) is 17.3. The number of hydrogen-bond donors (Lipinski definition) is 1. The monoisotopic (exact) mass is 390 g/mol. The lowest BCUT2D eigenvalue weighted by molar-refractivity contribution is 0.155. The molecular weight excluding hydrogens is 364 g/mol. The molecule has 0 unspecified atom stereocenters. The molecule has 0 saturated carbocycles. The summed E-state index contributed by atoms with van der Waals surface area (Å²) in [5, 5.41) is 2.74. The maximum atomic E-state index is 11.8. The van der Waals surface area contributed by atoms with Crippen molar-refractivity contribution in [1.82, 2.24) is 14.9 Å². The molecule has 0 bridgehead atoms. The Morgan fingerprint density at radius 1 is 0.862 bits per heavy atom. The Morgan fingerprint density at radius 2 is 1.52 bits per heavy atom. The van der Waals surface area contributed by atoms with E-state index in [-0.39, 0.29) is 6.61 Å². The van der Waals surface area contributed by atoms with Gasteiger partial charge in [0.25, 0.3) is 0 Å². The highest BCUT2D eigenvalue weighted by Crippen LogP contribution is 2.15. The lowest BCUT2D eigenvalue weighted by Crippen LogP contribution is -2.18. The smallest absolute Gasteiger partial charge is 0.411 e. The summed E-state index contributed by atoms with van der Waals surface area (Å²) in [5.41, 5.74) is 2.92. The van der Waals surface area contributed by atoms with Crippen molar-refractivity contribution in [2.45, 2.75) is 26.0 Å². The quantitative estimate of drug-likeness (QED) is 0.694. The van der Waals surface area contributed by atoms with Crippen molar-refractivity contribution >= 4 is 11.8 Å². The number of rotatable bonds is 5. The van der Waals surface area contributed by atoms with Gasteiger partial charge in [0, 0.05) is 37.0 Å². The number of likely N-dealkylation sites (tertiary alicyclic amines) is 1. The summed E-state index contributed by atoms with van der Waals surface area (Å²) in [7, 11) is 0. The molecule has 1 amide bonds. The largest absolute Gasteiger partial charge is 0.444 e. The molecule has 3 heterocycles. The van der Waals surface area contributed by atoms with E-state index in [4.69, 9.17) is 4.74 Å². The molecule has 0 spiro atoms. The number of hydrogen-bond acceptors (Lipinski definition) is 5. The van der Waals surface area contributed by atoms with Gasteiger partial charge in [0.1, 0.15) is 6.61 Å². The molecule has 6 heteroatoms. The number of anilines is 1. The van der Waals surface area contributed by atoms with E-state index in [1.807, 2.05) is 42.5 Å². The van der Waals surface area contributed by atoms with Gasteiger partial charge in [-0.25, -0.2) is 4.79 Å². The van der Waals surface area contributed by atoms with Crippen molar-refractivity contribution < 1.29 is 9.53 Å². The lowest BCUT2D eigenvalue weighted by atomic mass is 10.2. The van der Waals surface area contributed by atoms with Gasteiger partial charge in [0.15, 0.2) is 0 Å². The fourth-order valence-electron chi connectivity index (χ4n) is 2.99. The van der Waals surface area contributed by atoms with Crippen molar-refractivity contribution in [3.63, 3.8) is 0 Å². The Balaban J connectivity index is 0.000000343. The van der Waals surface area contributed by atoms with Gasteiger partial charge in [0.05, 0.1) is 0 Å². The third-order valence-electron chi connectivity index (χ3n) is 4.49. The van der Waals surface area contributed by atoms with Gasteiger partial charge >= 0.3 is 6.09 Å². The minimum absolute atomic E-state index is 0.237. The van der Waals surface area contributed by atoms with Gasteiger partial charge in [-0.15, -0.1) is 0 Å². The van der Waals surface area contributed by atoms with Crippen LogP contribution in [0.5, 0.6) is 0 Å². The summed E-state index contributed by atoms with van der Waals surface area (Å²) >= 11 is 0. The van der Waals surface area contributed by atoms with E-state index >= 15 is 0 Å². The van der Waals surface area contributed by atoms with E-state index in [2.05, 4.69) is 32.3 Å². The number of aromatic nitrogens is 2. The fraction of sp³-hybridized carbons (Fsp3) is 0.261. The molecule has 0 atom stereocenters. The highest BCUT2D eigenvalue weighted by Gasteiger charge is 2.11. The van der Waals surface area contributed by atoms with Gasteiger partial charge < -0.3 is 4.74 Å². The van der Waals surface area contributed by atoms with Gasteiger partial charge in [-0.2, -0.15) is 0 Å². The summed E-state index contributed by atoms with van der Waals surface area (Å²) in [4.78, 5) is 22.0. The normalized spacial score (nSPS) is 13.2. The topological polar surface area (TPSA) is 67.4 Å². The number of pyridine rings is 2. The zero-order valence-corrected chi connectivity index (χ0v) is 16.4. The van der Waals surface area contributed by atoms with Crippen LogP contribution in [0.3, 0.4) is 0 Å². The third-order valence-corrected chi connectivity index (χ3v) is 4.49. The average molecular weight is 390 g/mol. The molecule has 3 aromatic rings. The number of amides is 1. The van der Waals surface area contributed by atoms with E-state index in [0.29, 0.717) is 0 Å². The maximum Gasteiger partial charge on any atom is 0.411 e. The lowest BCUT2D eigenvalue weighted by Gasteiger charge is -2.14. The SMILES string of the molecule is O=C(Nc1ccc(CN2CCCC2)cc1)OCc1ccncc1.c1ccncc1. The van der Waals surface area contributed by atoms with Crippen LogP contribution in [-0.4, -0.2) is 34.1 Å². The Morgan fingerprint density at radius 3 is 2.10 bits per heavy atom. The number of carbonyl (C=O) groups excluding carboxylic acids is 1. The number of carbonyl (C=O) groups is 1. The molecule has 1 aromatic carbocycles. The van der Waals surface area contributed by atoms with E-state index in [1.165, 1.54) is 31.5 Å². The summed E-state index contributed by atoms with van der Waals surface area (Å²) in [6.45, 7) is 3.58. The number of nitrogens with zero attached hydrogens (tertiary/aromatic N) is 3. The molecule has 6 nitrogen and oxygen atoms in total. The first kappa shape index (κ1) is 20.5. The molecule has 1 saturated heterocycles. The second-order valence-corrected chi connectivity index (χ2v) is 6.76.